The number of para-hydroxylation sites is 1. The van der Waals surface area contributed by atoms with Crippen molar-refractivity contribution in [3.05, 3.63) is 29.8 Å². The molecule has 4 heteroatoms. The van der Waals surface area contributed by atoms with Crippen molar-refractivity contribution in [1.82, 2.24) is 10.2 Å². The summed E-state index contributed by atoms with van der Waals surface area (Å²) >= 11 is 0. The zero-order chi connectivity index (χ0) is 14.4. The number of nitrogens with zero attached hydrogens (tertiary/aromatic N) is 1. The van der Waals surface area contributed by atoms with Crippen LogP contribution in [0.1, 0.15) is 30.1 Å². The van der Waals surface area contributed by atoms with Crippen molar-refractivity contribution in [2.24, 2.45) is 0 Å². The summed E-state index contributed by atoms with van der Waals surface area (Å²) in [6, 6.07) is 7.97. The zero-order valence-electron chi connectivity index (χ0n) is 12.4. The lowest BCUT2D eigenvalue weighted by Gasteiger charge is -2.33. The standard InChI is InChI=1S/C16H24N2O2/c1-3-18(13-8-10-17-11-9-13)12-15(19)14-6-4-5-7-16(14)20-2/h4-7,13,17H,3,8-12H2,1-2H3. The van der Waals surface area contributed by atoms with Crippen molar-refractivity contribution in [1.29, 1.82) is 0 Å². The first-order valence-corrected chi connectivity index (χ1v) is 7.37. The highest BCUT2D eigenvalue weighted by molar-refractivity contribution is 6.00. The largest absolute Gasteiger partial charge is 0.496 e. The Bertz CT molecular complexity index is 442. The van der Waals surface area contributed by atoms with E-state index in [0.29, 0.717) is 23.9 Å². The van der Waals surface area contributed by atoms with Gasteiger partial charge in [0.2, 0.25) is 0 Å². The number of nitrogens with one attached hydrogen (secondary N) is 1. The first kappa shape index (κ1) is 15.0. The fourth-order valence-electron chi connectivity index (χ4n) is 2.82. The summed E-state index contributed by atoms with van der Waals surface area (Å²) in [7, 11) is 1.61. The van der Waals surface area contributed by atoms with Crippen molar-refractivity contribution in [3.63, 3.8) is 0 Å². The Kier molecular flexibility index (Phi) is 5.56. The van der Waals surface area contributed by atoms with Crippen molar-refractivity contribution in [3.8, 4) is 5.75 Å². The van der Waals surface area contributed by atoms with Crippen molar-refractivity contribution >= 4 is 5.78 Å². The summed E-state index contributed by atoms with van der Waals surface area (Å²) < 4.78 is 5.28. The molecule has 0 radical (unpaired) electrons. The van der Waals surface area contributed by atoms with Gasteiger partial charge in [0.05, 0.1) is 19.2 Å². The van der Waals surface area contributed by atoms with E-state index >= 15 is 0 Å². The fourth-order valence-corrected chi connectivity index (χ4v) is 2.82. The second-order valence-electron chi connectivity index (χ2n) is 5.17. The number of ether oxygens (including phenoxy) is 1. The number of Topliss-reactive ketones (excluding diaryl/α,β-unsaturated/α-hetero) is 1. The lowest BCUT2D eigenvalue weighted by Crippen LogP contribution is -2.45. The third-order valence-corrected chi connectivity index (χ3v) is 3.99. The maximum atomic E-state index is 12.5. The lowest BCUT2D eigenvalue weighted by atomic mass is 10.0. The van der Waals surface area contributed by atoms with Crippen LogP contribution in [-0.2, 0) is 0 Å². The van der Waals surface area contributed by atoms with Crippen LogP contribution in [0.25, 0.3) is 0 Å². The Labute approximate surface area is 121 Å². The summed E-state index contributed by atoms with van der Waals surface area (Å²) in [6.07, 6.45) is 2.24. The molecule has 110 valence electrons. The van der Waals surface area contributed by atoms with Crippen LogP contribution in [0.4, 0.5) is 0 Å². The van der Waals surface area contributed by atoms with E-state index < -0.39 is 0 Å². The Morgan fingerprint density at radius 2 is 2.05 bits per heavy atom. The number of ketones is 1. The molecule has 4 nitrogen and oxygen atoms in total. The minimum Gasteiger partial charge on any atom is -0.496 e. The van der Waals surface area contributed by atoms with Gasteiger partial charge in [-0.05, 0) is 44.6 Å². The SMILES string of the molecule is CCN(CC(=O)c1ccccc1OC)C1CCNCC1. The molecule has 0 aromatic heterocycles. The molecule has 0 saturated carbocycles. The van der Waals surface area contributed by atoms with Crippen molar-refractivity contribution in [2.75, 3.05) is 33.3 Å². The van der Waals surface area contributed by atoms with Gasteiger partial charge in [-0.2, -0.15) is 0 Å². The van der Waals surface area contributed by atoms with E-state index in [2.05, 4.69) is 17.1 Å². The fraction of sp³-hybridized carbons (Fsp3) is 0.562. The quantitative estimate of drug-likeness (QED) is 0.806. The van der Waals surface area contributed by atoms with E-state index in [1.807, 2.05) is 24.3 Å². The Morgan fingerprint density at radius 3 is 2.70 bits per heavy atom. The third-order valence-electron chi connectivity index (χ3n) is 3.99. The number of piperidine rings is 1. The van der Waals surface area contributed by atoms with E-state index in [0.717, 1.165) is 32.5 Å². The number of rotatable bonds is 6. The monoisotopic (exact) mass is 276 g/mol. The number of likely N-dealkylation sites (N-methyl/N-ethyl adjacent to an activating group) is 1. The van der Waals surface area contributed by atoms with Crippen molar-refractivity contribution in [2.45, 2.75) is 25.8 Å². The maximum Gasteiger partial charge on any atom is 0.180 e. The Balaban J connectivity index is 2.04. The van der Waals surface area contributed by atoms with Crippen LogP contribution < -0.4 is 10.1 Å². The van der Waals surface area contributed by atoms with Crippen LogP contribution in [0.2, 0.25) is 0 Å². The molecule has 1 heterocycles. The number of carbonyl (C=O) groups is 1. The van der Waals surface area contributed by atoms with E-state index in [1.165, 1.54) is 0 Å². The molecule has 0 aliphatic carbocycles. The molecule has 0 atom stereocenters. The van der Waals surface area contributed by atoms with Gasteiger partial charge in [0, 0.05) is 6.04 Å². The molecule has 1 aromatic rings. The predicted molar refractivity (Wildman–Crippen MR) is 80.5 cm³/mol. The van der Waals surface area contributed by atoms with E-state index in [-0.39, 0.29) is 5.78 Å². The highest BCUT2D eigenvalue weighted by Crippen LogP contribution is 2.19. The average Bonchev–Trinajstić information content (AvgIpc) is 2.53. The molecule has 0 spiro atoms. The van der Waals surface area contributed by atoms with Gasteiger partial charge in [-0.1, -0.05) is 19.1 Å². The normalized spacial score (nSPS) is 16.4. The van der Waals surface area contributed by atoms with Gasteiger partial charge in [-0.25, -0.2) is 0 Å². The maximum absolute atomic E-state index is 12.5. The number of carbonyl (C=O) groups excluding carboxylic acids is 1. The van der Waals surface area contributed by atoms with Crippen LogP contribution in [0.15, 0.2) is 24.3 Å². The van der Waals surface area contributed by atoms with Crippen LogP contribution >= 0.6 is 0 Å². The Morgan fingerprint density at radius 1 is 1.35 bits per heavy atom. The molecular formula is C16H24N2O2. The second-order valence-corrected chi connectivity index (χ2v) is 5.17. The van der Waals surface area contributed by atoms with Gasteiger partial charge in [0.1, 0.15) is 5.75 Å². The molecule has 20 heavy (non-hydrogen) atoms. The molecule has 2 rings (SSSR count). The molecule has 0 amide bonds. The van der Waals surface area contributed by atoms with Crippen LogP contribution in [-0.4, -0.2) is 50.0 Å². The first-order chi connectivity index (χ1) is 9.76. The molecule has 1 aromatic carbocycles. The molecule has 1 aliphatic heterocycles. The summed E-state index contributed by atoms with van der Waals surface area (Å²) in [4.78, 5) is 14.8. The number of hydrogen-bond acceptors (Lipinski definition) is 4. The smallest absolute Gasteiger partial charge is 0.180 e. The lowest BCUT2D eigenvalue weighted by molar-refractivity contribution is 0.0871. The van der Waals surface area contributed by atoms with Gasteiger partial charge >= 0.3 is 0 Å². The van der Waals surface area contributed by atoms with Crippen LogP contribution in [0.3, 0.4) is 0 Å². The number of methoxy groups -OCH3 is 1. The highest BCUT2D eigenvalue weighted by Gasteiger charge is 2.23. The molecule has 1 aliphatic rings. The first-order valence-electron chi connectivity index (χ1n) is 7.37. The third kappa shape index (κ3) is 3.58. The number of hydrogen-bond donors (Lipinski definition) is 1. The molecular weight excluding hydrogens is 252 g/mol. The molecule has 1 N–H and O–H groups in total. The van der Waals surface area contributed by atoms with E-state index in [9.17, 15) is 4.79 Å². The van der Waals surface area contributed by atoms with Gasteiger partial charge in [0.25, 0.3) is 0 Å². The average molecular weight is 276 g/mol. The van der Waals surface area contributed by atoms with Gasteiger partial charge in [0.15, 0.2) is 5.78 Å². The van der Waals surface area contributed by atoms with Gasteiger partial charge < -0.3 is 10.1 Å². The zero-order valence-corrected chi connectivity index (χ0v) is 12.4. The molecule has 0 bridgehead atoms. The molecule has 1 fully saturated rings. The molecule has 0 unspecified atom stereocenters. The summed E-state index contributed by atoms with van der Waals surface area (Å²) in [5, 5.41) is 3.37. The van der Waals surface area contributed by atoms with Crippen LogP contribution in [0, 0.1) is 0 Å². The van der Waals surface area contributed by atoms with Crippen LogP contribution in [0.5, 0.6) is 5.75 Å². The topological polar surface area (TPSA) is 41.6 Å². The second kappa shape index (κ2) is 7.41. The highest BCUT2D eigenvalue weighted by atomic mass is 16.5. The summed E-state index contributed by atoms with van der Waals surface area (Å²) in [5.41, 5.74) is 0.683. The number of benzene rings is 1. The predicted octanol–water partition coefficient (Wildman–Crippen LogP) is 1.95. The van der Waals surface area contributed by atoms with Gasteiger partial charge in [-0.3, -0.25) is 9.69 Å². The Hall–Kier alpha value is -1.39. The van der Waals surface area contributed by atoms with Gasteiger partial charge in [-0.15, -0.1) is 0 Å². The van der Waals surface area contributed by atoms with E-state index in [1.54, 1.807) is 7.11 Å². The summed E-state index contributed by atoms with van der Waals surface area (Å²) in [5.74, 6) is 0.807. The van der Waals surface area contributed by atoms with Crippen molar-refractivity contribution < 1.29 is 9.53 Å². The molecule has 1 saturated heterocycles. The van der Waals surface area contributed by atoms with E-state index in [4.69, 9.17) is 4.74 Å². The minimum absolute atomic E-state index is 0.142. The summed E-state index contributed by atoms with van der Waals surface area (Å²) in [6.45, 7) is 5.60. The minimum atomic E-state index is 0.142.